The molecule has 12 heavy (non-hydrogen) atoms. The van der Waals surface area contributed by atoms with E-state index in [4.69, 9.17) is 5.73 Å². The fraction of sp³-hybridized carbons (Fsp3) is 0.333. The van der Waals surface area contributed by atoms with E-state index in [0.717, 1.165) is 11.4 Å². The van der Waals surface area contributed by atoms with Crippen LogP contribution < -0.4 is 5.73 Å². The van der Waals surface area contributed by atoms with Crippen molar-refractivity contribution < 1.29 is 0 Å². The van der Waals surface area contributed by atoms with Gasteiger partial charge in [-0.15, -0.1) is 24.2 Å². The number of hydrogen-bond donors (Lipinski definition) is 1. The average molecular weight is 204 g/mol. The van der Waals surface area contributed by atoms with Gasteiger partial charge in [0.15, 0.2) is 0 Å². The van der Waals surface area contributed by atoms with Crippen molar-refractivity contribution in [1.29, 1.82) is 0 Å². The summed E-state index contributed by atoms with van der Waals surface area (Å²) in [5.74, 6) is 1.15. The molecular weight excluding hydrogens is 190 g/mol. The molecule has 0 aliphatic heterocycles. The molecule has 68 valence electrons. The Morgan fingerprint density at radius 1 is 1.33 bits per heavy atom. The summed E-state index contributed by atoms with van der Waals surface area (Å²) < 4.78 is 0. The molecule has 0 saturated carbocycles. The van der Waals surface area contributed by atoms with Gasteiger partial charge < -0.3 is 5.73 Å². The van der Waals surface area contributed by atoms with Crippen molar-refractivity contribution in [2.75, 3.05) is 11.5 Å². The second-order valence-electron chi connectivity index (χ2n) is 2.39. The smallest absolute Gasteiger partial charge is 0.0452 e. The lowest BCUT2D eigenvalue weighted by atomic mass is 10.3. The zero-order valence-electron chi connectivity index (χ0n) is 7.12. The maximum Gasteiger partial charge on any atom is 0.0452 e. The standard InChI is InChI=1S/C9H13NS.ClH/c1-2-7-11-9-6-4-3-5-8(9)10;/h3-6H,2,7,10H2,1H3;1H. The molecular formula is C9H14ClNS. The Morgan fingerprint density at radius 2 is 2.00 bits per heavy atom. The lowest BCUT2D eigenvalue weighted by Crippen LogP contribution is -1.87. The minimum Gasteiger partial charge on any atom is -0.398 e. The van der Waals surface area contributed by atoms with Gasteiger partial charge in [0.25, 0.3) is 0 Å². The zero-order valence-corrected chi connectivity index (χ0v) is 8.75. The van der Waals surface area contributed by atoms with Gasteiger partial charge in [0.05, 0.1) is 0 Å². The first-order chi connectivity index (χ1) is 5.34. The predicted octanol–water partition coefficient (Wildman–Crippen LogP) is 3.19. The van der Waals surface area contributed by atoms with Crippen molar-refractivity contribution in [3.63, 3.8) is 0 Å². The zero-order chi connectivity index (χ0) is 8.10. The lowest BCUT2D eigenvalue weighted by molar-refractivity contribution is 1.10. The number of thioether (sulfide) groups is 1. The number of para-hydroxylation sites is 1. The Morgan fingerprint density at radius 3 is 2.58 bits per heavy atom. The van der Waals surface area contributed by atoms with Gasteiger partial charge >= 0.3 is 0 Å². The molecule has 0 aliphatic rings. The summed E-state index contributed by atoms with van der Waals surface area (Å²) in [4.78, 5) is 1.20. The molecule has 0 aromatic heterocycles. The van der Waals surface area contributed by atoms with Gasteiger partial charge in [-0.05, 0) is 24.3 Å². The summed E-state index contributed by atoms with van der Waals surface area (Å²) in [6, 6.07) is 7.99. The SMILES string of the molecule is CCCSc1ccccc1N.Cl. The summed E-state index contributed by atoms with van der Waals surface area (Å²) in [6.07, 6.45) is 1.19. The number of benzene rings is 1. The molecule has 0 saturated heterocycles. The second kappa shape index (κ2) is 6.21. The third kappa shape index (κ3) is 3.37. The number of rotatable bonds is 3. The molecule has 1 aromatic carbocycles. The quantitative estimate of drug-likeness (QED) is 0.603. The molecule has 0 spiro atoms. The van der Waals surface area contributed by atoms with Gasteiger partial charge in [-0.2, -0.15) is 0 Å². The molecule has 0 radical (unpaired) electrons. The molecule has 1 rings (SSSR count). The maximum atomic E-state index is 5.74. The highest BCUT2D eigenvalue weighted by molar-refractivity contribution is 7.99. The lowest BCUT2D eigenvalue weighted by Gasteiger charge is -2.02. The van der Waals surface area contributed by atoms with Crippen LogP contribution in [0.25, 0.3) is 0 Å². The number of hydrogen-bond acceptors (Lipinski definition) is 2. The first kappa shape index (κ1) is 11.7. The van der Waals surface area contributed by atoms with Crippen LogP contribution in [-0.2, 0) is 0 Å². The van der Waals surface area contributed by atoms with Crippen LogP contribution in [0.4, 0.5) is 5.69 Å². The van der Waals surface area contributed by atoms with E-state index in [1.165, 1.54) is 11.3 Å². The highest BCUT2D eigenvalue weighted by Gasteiger charge is 1.95. The van der Waals surface area contributed by atoms with Crippen molar-refractivity contribution in [3.8, 4) is 0 Å². The van der Waals surface area contributed by atoms with E-state index in [0.29, 0.717) is 0 Å². The van der Waals surface area contributed by atoms with Crippen molar-refractivity contribution in [3.05, 3.63) is 24.3 Å². The van der Waals surface area contributed by atoms with Gasteiger partial charge in [-0.25, -0.2) is 0 Å². The van der Waals surface area contributed by atoms with Crippen LogP contribution in [0.2, 0.25) is 0 Å². The number of nitrogens with two attached hydrogens (primary N) is 1. The third-order valence-electron chi connectivity index (χ3n) is 1.38. The van der Waals surface area contributed by atoms with E-state index < -0.39 is 0 Å². The molecule has 0 unspecified atom stereocenters. The highest BCUT2D eigenvalue weighted by atomic mass is 35.5. The normalized spacial score (nSPS) is 9.08. The summed E-state index contributed by atoms with van der Waals surface area (Å²) in [5.41, 5.74) is 6.63. The van der Waals surface area contributed by atoms with Gasteiger partial charge in [0.2, 0.25) is 0 Å². The summed E-state index contributed by atoms with van der Waals surface area (Å²) >= 11 is 1.82. The molecule has 0 aliphatic carbocycles. The van der Waals surface area contributed by atoms with Gasteiger partial charge in [-0.1, -0.05) is 19.1 Å². The van der Waals surface area contributed by atoms with Crippen LogP contribution in [0.1, 0.15) is 13.3 Å². The minimum atomic E-state index is 0. The molecule has 0 atom stereocenters. The second-order valence-corrected chi connectivity index (χ2v) is 3.52. The van der Waals surface area contributed by atoms with Gasteiger partial charge in [-0.3, -0.25) is 0 Å². The maximum absolute atomic E-state index is 5.74. The first-order valence-corrected chi connectivity index (χ1v) is 4.80. The molecule has 1 nitrogen and oxygen atoms in total. The van der Waals surface area contributed by atoms with Crippen LogP contribution in [0, 0.1) is 0 Å². The average Bonchev–Trinajstić information content (AvgIpc) is 2.03. The van der Waals surface area contributed by atoms with E-state index in [9.17, 15) is 0 Å². The first-order valence-electron chi connectivity index (χ1n) is 3.82. The molecule has 3 heteroatoms. The van der Waals surface area contributed by atoms with Crippen molar-refractivity contribution in [1.82, 2.24) is 0 Å². The Labute approximate surface area is 84.1 Å². The molecule has 1 aromatic rings. The van der Waals surface area contributed by atoms with Crippen LogP contribution in [-0.4, -0.2) is 5.75 Å². The van der Waals surface area contributed by atoms with Crippen LogP contribution in [0.3, 0.4) is 0 Å². The van der Waals surface area contributed by atoms with E-state index in [2.05, 4.69) is 13.0 Å². The summed E-state index contributed by atoms with van der Waals surface area (Å²) in [6.45, 7) is 2.17. The molecule has 2 N–H and O–H groups in total. The van der Waals surface area contributed by atoms with Crippen molar-refractivity contribution >= 4 is 29.9 Å². The molecule has 0 amide bonds. The Balaban J connectivity index is 0.00000121. The molecule has 0 fully saturated rings. The van der Waals surface area contributed by atoms with Crippen LogP contribution in [0.5, 0.6) is 0 Å². The fourth-order valence-corrected chi connectivity index (χ4v) is 1.66. The third-order valence-corrected chi connectivity index (χ3v) is 2.68. The van der Waals surface area contributed by atoms with E-state index in [1.807, 2.05) is 30.0 Å². The van der Waals surface area contributed by atoms with E-state index in [-0.39, 0.29) is 12.4 Å². The number of anilines is 1. The Kier molecular flexibility index (Phi) is 6.03. The van der Waals surface area contributed by atoms with Crippen LogP contribution in [0.15, 0.2) is 29.2 Å². The Bertz CT molecular complexity index is 228. The van der Waals surface area contributed by atoms with Gasteiger partial charge in [0.1, 0.15) is 0 Å². The topological polar surface area (TPSA) is 26.0 Å². The highest BCUT2D eigenvalue weighted by Crippen LogP contribution is 2.24. The largest absolute Gasteiger partial charge is 0.398 e. The molecule has 0 heterocycles. The van der Waals surface area contributed by atoms with Crippen molar-refractivity contribution in [2.45, 2.75) is 18.2 Å². The Hall–Kier alpha value is -0.340. The number of nitrogen functional groups attached to an aromatic ring is 1. The van der Waals surface area contributed by atoms with Crippen LogP contribution >= 0.6 is 24.2 Å². The number of halogens is 1. The summed E-state index contributed by atoms with van der Waals surface area (Å²) in [5, 5.41) is 0. The van der Waals surface area contributed by atoms with E-state index in [1.54, 1.807) is 0 Å². The van der Waals surface area contributed by atoms with Gasteiger partial charge in [0, 0.05) is 10.6 Å². The fourth-order valence-electron chi connectivity index (χ4n) is 0.824. The monoisotopic (exact) mass is 203 g/mol. The summed E-state index contributed by atoms with van der Waals surface area (Å²) in [7, 11) is 0. The minimum absolute atomic E-state index is 0. The van der Waals surface area contributed by atoms with E-state index >= 15 is 0 Å². The van der Waals surface area contributed by atoms with Crippen molar-refractivity contribution in [2.24, 2.45) is 0 Å². The predicted molar refractivity (Wildman–Crippen MR) is 59.1 cm³/mol. The molecule has 0 bridgehead atoms.